The number of benzene rings is 7. The van der Waals surface area contributed by atoms with Gasteiger partial charge in [-0.05, 0) is 18.2 Å². The minimum atomic E-state index is 0.578. The van der Waals surface area contributed by atoms with Crippen molar-refractivity contribution in [2.24, 2.45) is 0 Å². The number of pyridine rings is 1. The van der Waals surface area contributed by atoms with E-state index in [1.807, 2.05) is 54.7 Å². The molecule has 4 heterocycles. The van der Waals surface area contributed by atoms with Gasteiger partial charge in [-0.25, -0.2) is 0 Å². The number of hydrogen-bond donors (Lipinski definition) is 0. The Morgan fingerprint density at radius 2 is 1.15 bits per heavy atom. The van der Waals surface area contributed by atoms with Gasteiger partial charge < -0.3 is 4.42 Å². The molecule has 0 aliphatic rings. The van der Waals surface area contributed by atoms with Gasteiger partial charge >= 0.3 is 294 Å². The Kier molecular flexibility index (Phi) is 8.64. The molecular weight excluding hydrogens is 908 g/mol. The molecule has 0 atom stereocenters. The molecule has 284 valence electrons. The quantitative estimate of drug-likeness (QED) is 0.143. The fraction of sp³-hybridized carbons (Fsp3) is 0. The predicted molar refractivity (Wildman–Crippen MR) is 231 cm³/mol. The molecule has 59 heavy (non-hydrogen) atoms. The number of nitrogens with zero attached hydrogens (tertiary/aromatic N) is 4. The summed E-state index contributed by atoms with van der Waals surface area (Å²) in [5.74, 6) is 2.71. The standard InChI is InChI=1S/C52H32N4O2.Pt/c1-3-14-36(15-4-1)42-21-12-22-43(37-16-5-2-6-17-37)52(42)55-35-54(47-24-9-10-25-48(47)55)39-18-11-19-40(32-39)58-41-28-29-45-44-20-7-8-23-46(44)56(49(45)33-41)51-30-27-38(34-53-51)50-26-13-31-57-50;/h1-31,34H;/q-2;. The molecule has 0 aliphatic heterocycles. The predicted octanol–water partition coefficient (Wildman–Crippen LogP) is 13.0. The maximum atomic E-state index is 6.62. The van der Waals surface area contributed by atoms with E-state index in [9.17, 15) is 0 Å². The third-order valence-corrected chi connectivity index (χ3v) is 11.7. The van der Waals surface area contributed by atoms with Crippen LogP contribution >= 0.6 is 0 Å². The fourth-order valence-electron chi connectivity index (χ4n) is 8.06. The Balaban J connectivity index is 1.03. The molecule has 0 aliphatic carbocycles. The van der Waals surface area contributed by atoms with Gasteiger partial charge in [-0.1, -0.05) is 12.1 Å². The van der Waals surface area contributed by atoms with Crippen LogP contribution in [0.3, 0.4) is 0 Å². The molecule has 0 spiro atoms. The Morgan fingerprint density at radius 3 is 1.85 bits per heavy atom. The zero-order valence-corrected chi connectivity index (χ0v) is 33.7. The van der Waals surface area contributed by atoms with Crippen LogP contribution in [-0.2, 0) is 19.4 Å². The number of fused-ring (bicyclic) bond motifs is 4. The maximum absolute atomic E-state index is 6.62. The first kappa shape index (κ1) is 34.9. The van der Waals surface area contributed by atoms with E-state index in [-0.39, 0.29) is 0 Å². The summed E-state index contributed by atoms with van der Waals surface area (Å²) in [4.78, 5) is 4.87. The van der Waals surface area contributed by atoms with Crippen molar-refractivity contribution in [3.8, 4) is 62.3 Å². The van der Waals surface area contributed by atoms with Gasteiger partial charge in [0.15, 0.2) is 0 Å². The Hall–Kier alpha value is -7.27. The molecule has 0 bridgehead atoms. The molecule has 0 N–H and O–H groups in total. The van der Waals surface area contributed by atoms with Crippen LogP contribution in [0.2, 0.25) is 0 Å². The van der Waals surface area contributed by atoms with E-state index in [2.05, 4.69) is 179 Å². The van der Waals surface area contributed by atoms with Crippen LogP contribution in [0.5, 0.6) is 11.5 Å². The van der Waals surface area contributed by atoms with Gasteiger partial charge in [0.25, 0.3) is 0 Å². The number of imidazole rings is 1. The van der Waals surface area contributed by atoms with E-state index in [1.54, 1.807) is 6.26 Å². The Morgan fingerprint density at radius 1 is 0.492 bits per heavy atom. The Bertz CT molecular complexity index is 3310. The Labute approximate surface area is 350 Å². The topological polar surface area (TPSA) is 50.1 Å². The number of ether oxygens (including phenoxy) is 1. The van der Waals surface area contributed by atoms with Crippen molar-refractivity contribution in [1.82, 2.24) is 18.7 Å². The molecule has 11 rings (SSSR count). The van der Waals surface area contributed by atoms with Crippen molar-refractivity contribution >= 4 is 32.8 Å². The second kappa shape index (κ2) is 14.6. The van der Waals surface area contributed by atoms with Crippen LogP contribution in [0.25, 0.3) is 83.6 Å². The van der Waals surface area contributed by atoms with Crippen molar-refractivity contribution in [3.63, 3.8) is 0 Å². The van der Waals surface area contributed by atoms with Crippen molar-refractivity contribution in [1.29, 1.82) is 0 Å². The molecule has 0 fully saturated rings. The molecule has 7 heteroatoms. The number of hydrogen-bond acceptors (Lipinski definition) is 3. The summed E-state index contributed by atoms with van der Waals surface area (Å²) >= 11 is 2.46. The van der Waals surface area contributed by atoms with Crippen molar-refractivity contribution in [3.05, 3.63) is 210 Å². The van der Waals surface area contributed by atoms with E-state index in [0.717, 1.165) is 87.4 Å². The van der Waals surface area contributed by atoms with Gasteiger partial charge in [-0.15, -0.1) is 0 Å². The first-order valence-electron chi connectivity index (χ1n) is 19.3. The van der Waals surface area contributed by atoms with Crippen molar-refractivity contribution < 1.29 is 28.5 Å². The van der Waals surface area contributed by atoms with Crippen molar-refractivity contribution in [2.75, 3.05) is 0 Å². The number of para-hydroxylation sites is 4. The van der Waals surface area contributed by atoms with E-state index in [4.69, 9.17) is 14.1 Å². The fourth-order valence-corrected chi connectivity index (χ4v) is 9.14. The van der Waals surface area contributed by atoms with E-state index in [1.165, 1.54) is 0 Å². The summed E-state index contributed by atoms with van der Waals surface area (Å²) < 4.78 is 20.0. The van der Waals surface area contributed by atoms with Crippen LogP contribution < -0.4 is 4.74 Å². The third kappa shape index (κ3) is 6.08. The van der Waals surface area contributed by atoms with E-state index < -0.39 is 0 Å². The number of aromatic nitrogens is 4. The van der Waals surface area contributed by atoms with Crippen LogP contribution in [0.4, 0.5) is 0 Å². The zero-order valence-electron chi connectivity index (χ0n) is 31.4. The van der Waals surface area contributed by atoms with Gasteiger partial charge in [0, 0.05) is 11.8 Å². The summed E-state index contributed by atoms with van der Waals surface area (Å²) in [6.45, 7) is 0. The average Bonchev–Trinajstić information content (AvgIpc) is 4.02. The van der Waals surface area contributed by atoms with Gasteiger partial charge in [0.2, 0.25) is 0 Å². The summed E-state index contributed by atoms with van der Waals surface area (Å²) in [7, 11) is 0. The zero-order chi connectivity index (χ0) is 39.3. The molecule has 0 radical (unpaired) electrons. The van der Waals surface area contributed by atoms with Gasteiger partial charge in [0.05, 0.1) is 6.26 Å². The van der Waals surface area contributed by atoms with E-state index in [0.29, 0.717) is 11.5 Å². The minimum absolute atomic E-state index is 0.578. The second-order valence-electron chi connectivity index (χ2n) is 14.2. The SMILES string of the molecule is [Pt]=[c]1n(-c2[c-]c(Oc3[c-]c4c(cc3)c3ccccc3n4-c3ccc(-c4ccco4)cn3)ccc2)c2ccccc2n1-c1c(-c2ccccc2)cccc1-c1ccccc1. The molecular formula is C52H32N4O2Pt-2. The van der Waals surface area contributed by atoms with E-state index >= 15 is 0 Å². The van der Waals surface area contributed by atoms with Crippen molar-refractivity contribution in [2.45, 2.75) is 0 Å². The first-order chi connectivity index (χ1) is 29.2. The second-order valence-corrected chi connectivity index (χ2v) is 15.2. The summed E-state index contributed by atoms with van der Waals surface area (Å²) in [6, 6.07) is 69.9. The molecule has 7 aromatic carbocycles. The van der Waals surface area contributed by atoms with Gasteiger partial charge in [0.1, 0.15) is 5.76 Å². The average molecular weight is 940 g/mol. The molecule has 6 nitrogen and oxygen atoms in total. The third-order valence-electron chi connectivity index (χ3n) is 10.7. The summed E-state index contributed by atoms with van der Waals surface area (Å²) in [5.41, 5.74) is 11.5. The molecule has 0 amide bonds. The molecule has 0 saturated carbocycles. The van der Waals surface area contributed by atoms with Gasteiger partial charge in [-0.3, -0.25) is 0 Å². The molecule has 0 saturated heterocycles. The van der Waals surface area contributed by atoms with Crippen LogP contribution in [-0.4, -0.2) is 18.7 Å². The monoisotopic (exact) mass is 939 g/mol. The van der Waals surface area contributed by atoms with Gasteiger partial charge in [-0.2, -0.15) is 0 Å². The molecule has 0 unspecified atom stereocenters. The van der Waals surface area contributed by atoms with Crippen LogP contribution in [0.15, 0.2) is 199 Å². The molecule has 11 aromatic rings. The van der Waals surface area contributed by atoms with Crippen LogP contribution in [0, 0.1) is 15.9 Å². The number of rotatable bonds is 8. The summed E-state index contributed by atoms with van der Waals surface area (Å²) in [6.07, 6.45) is 3.51. The van der Waals surface area contributed by atoms with Crippen LogP contribution in [0.1, 0.15) is 0 Å². The summed E-state index contributed by atoms with van der Waals surface area (Å²) in [5, 5.41) is 2.17. The normalized spacial score (nSPS) is 11.5. The first-order valence-corrected chi connectivity index (χ1v) is 20.4. The molecule has 4 aromatic heterocycles. The number of furan rings is 1.